The third-order valence-electron chi connectivity index (χ3n) is 6.44. The molecule has 2 aromatic carbocycles. The monoisotopic (exact) mass is 389 g/mol. The fraction of sp³-hybridized carbons (Fsp3) is 0.304. The summed E-state index contributed by atoms with van der Waals surface area (Å²) in [4.78, 5) is 33.1. The second-order valence-corrected chi connectivity index (χ2v) is 7.99. The van der Waals surface area contributed by atoms with Gasteiger partial charge in [-0.2, -0.15) is 0 Å². The van der Waals surface area contributed by atoms with E-state index in [-0.39, 0.29) is 24.3 Å². The number of likely N-dealkylation sites (N-methyl/N-ethyl adjacent to an activating group) is 1. The van der Waals surface area contributed by atoms with Gasteiger partial charge in [0, 0.05) is 36.0 Å². The van der Waals surface area contributed by atoms with Gasteiger partial charge in [-0.15, -0.1) is 0 Å². The van der Waals surface area contributed by atoms with Crippen molar-refractivity contribution < 1.29 is 14.3 Å². The zero-order valence-corrected chi connectivity index (χ0v) is 16.7. The van der Waals surface area contributed by atoms with E-state index in [0.29, 0.717) is 6.54 Å². The number of nitrogens with zero attached hydrogens (tertiary/aromatic N) is 2. The number of nitrogens with one attached hydrogen (secondary N) is 1. The number of methoxy groups -OCH3 is 1. The van der Waals surface area contributed by atoms with Crippen LogP contribution in [0.5, 0.6) is 5.75 Å². The Morgan fingerprint density at radius 3 is 2.62 bits per heavy atom. The number of amides is 2. The molecule has 5 rings (SSSR count). The van der Waals surface area contributed by atoms with Gasteiger partial charge in [0.05, 0.1) is 19.3 Å². The Hall–Kier alpha value is -3.28. The molecule has 0 bridgehead atoms. The van der Waals surface area contributed by atoms with Crippen LogP contribution in [0.25, 0.3) is 10.9 Å². The molecule has 2 amide bonds. The van der Waals surface area contributed by atoms with Crippen LogP contribution in [-0.2, 0) is 15.1 Å². The lowest BCUT2D eigenvalue weighted by atomic mass is 9.76. The summed E-state index contributed by atoms with van der Waals surface area (Å²) in [5, 5.41) is 1.08. The second-order valence-electron chi connectivity index (χ2n) is 7.99. The first-order valence-electron chi connectivity index (χ1n) is 9.76. The minimum Gasteiger partial charge on any atom is -0.496 e. The van der Waals surface area contributed by atoms with Gasteiger partial charge in [-0.05, 0) is 24.6 Å². The van der Waals surface area contributed by atoms with Crippen LogP contribution in [0, 0.1) is 0 Å². The molecule has 1 saturated heterocycles. The Bertz CT molecular complexity index is 1150. The lowest BCUT2D eigenvalue weighted by molar-refractivity contribution is -0.164. The predicted octanol–water partition coefficient (Wildman–Crippen LogP) is 2.84. The first kappa shape index (κ1) is 17.8. The predicted molar refractivity (Wildman–Crippen MR) is 110 cm³/mol. The average molecular weight is 389 g/mol. The van der Waals surface area contributed by atoms with E-state index in [1.807, 2.05) is 49.4 Å². The van der Waals surface area contributed by atoms with E-state index in [1.165, 1.54) is 4.90 Å². The van der Waals surface area contributed by atoms with Crippen LogP contribution < -0.4 is 4.74 Å². The van der Waals surface area contributed by atoms with Gasteiger partial charge in [-0.25, -0.2) is 0 Å². The maximum absolute atomic E-state index is 13.3. The molecule has 2 aliphatic rings. The average Bonchev–Trinajstić information content (AvgIpc) is 3.13. The van der Waals surface area contributed by atoms with E-state index in [4.69, 9.17) is 4.74 Å². The first-order chi connectivity index (χ1) is 14.0. The highest BCUT2D eigenvalue weighted by atomic mass is 16.5. The number of ether oxygens (including phenoxy) is 1. The molecule has 148 valence electrons. The normalized spacial score (nSPS) is 23.9. The van der Waals surface area contributed by atoms with Crippen LogP contribution >= 0.6 is 0 Å². The highest BCUT2D eigenvalue weighted by Gasteiger charge is 2.55. The summed E-state index contributed by atoms with van der Waals surface area (Å²) in [7, 11) is 3.35. The summed E-state index contributed by atoms with van der Waals surface area (Å²) < 4.78 is 5.64. The van der Waals surface area contributed by atoms with Gasteiger partial charge in [0.2, 0.25) is 5.91 Å². The van der Waals surface area contributed by atoms with E-state index in [0.717, 1.165) is 33.5 Å². The number of aromatic nitrogens is 1. The number of hydrogen-bond acceptors (Lipinski definition) is 3. The molecule has 0 saturated carbocycles. The molecule has 29 heavy (non-hydrogen) atoms. The molecule has 3 heterocycles. The summed E-state index contributed by atoms with van der Waals surface area (Å²) in [6.07, 6.45) is 0. The van der Waals surface area contributed by atoms with Crippen molar-refractivity contribution in [3.63, 3.8) is 0 Å². The van der Waals surface area contributed by atoms with Crippen molar-refractivity contribution in [1.82, 2.24) is 14.8 Å². The summed E-state index contributed by atoms with van der Waals surface area (Å²) in [5.74, 6) is 0.581. The van der Waals surface area contributed by atoms with Gasteiger partial charge in [-0.3, -0.25) is 9.59 Å². The highest BCUT2D eigenvalue weighted by molar-refractivity contribution is 6.01. The smallest absolute Gasteiger partial charge is 0.254 e. The number of aromatic amines is 1. The van der Waals surface area contributed by atoms with Crippen molar-refractivity contribution in [3.05, 3.63) is 65.4 Å². The van der Waals surface area contributed by atoms with Crippen molar-refractivity contribution in [2.75, 3.05) is 27.2 Å². The zero-order chi connectivity index (χ0) is 20.3. The molecule has 0 unspecified atom stereocenters. The van der Waals surface area contributed by atoms with Crippen molar-refractivity contribution >= 4 is 22.7 Å². The molecule has 3 aromatic rings. The zero-order valence-electron chi connectivity index (χ0n) is 16.7. The SMILES string of the molecule is COc1ccccc1[C@@H]1CN2C(=O)CN(C)C(=O)[C@@]2(C)c2[nH]c3ccccc3c21. The molecular formula is C23H23N3O3. The third kappa shape index (κ3) is 2.29. The lowest BCUT2D eigenvalue weighted by Crippen LogP contribution is -2.66. The van der Waals surface area contributed by atoms with Crippen LogP contribution in [0.15, 0.2) is 48.5 Å². The minimum atomic E-state index is -1.04. The van der Waals surface area contributed by atoms with E-state index in [2.05, 4.69) is 11.1 Å². The Labute approximate surface area is 169 Å². The van der Waals surface area contributed by atoms with Gasteiger partial charge in [-0.1, -0.05) is 36.4 Å². The molecular weight excluding hydrogens is 366 g/mol. The Kier molecular flexibility index (Phi) is 3.75. The standard InChI is InChI=1S/C23H23N3O3/c1-23-21-20(15-9-4-6-10-17(15)24-21)16(14-8-5-7-11-18(14)29-3)12-26(23)19(27)13-25(2)22(23)28/h4-11,16,24H,12-13H2,1-3H3/t16-,23+/m0/s1. The number of H-pyrrole nitrogens is 1. The maximum Gasteiger partial charge on any atom is 0.254 e. The van der Waals surface area contributed by atoms with Gasteiger partial charge < -0.3 is 19.5 Å². The molecule has 1 N–H and O–H groups in total. The summed E-state index contributed by atoms with van der Waals surface area (Å²) >= 11 is 0. The van der Waals surface area contributed by atoms with Crippen LogP contribution in [0.1, 0.15) is 29.7 Å². The number of carbonyl (C=O) groups is 2. The van der Waals surface area contributed by atoms with Crippen LogP contribution in [0.2, 0.25) is 0 Å². The molecule has 1 fully saturated rings. The number of carbonyl (C=O) groups excluding carboxylic acids is 2. The number of benzene rings is 2. The fourth-order valence-corrected chi connectivity index (χ4v) is 5.01. The van der Waals surface area contributed by atoms with Crippen LogP contribution in [0.3, 0.4) is 0 Å². The minimum absolute atomic E-state index is 0.0428. The van der Waals surface area contributed by atoms with Gasteiger partial charge in [0.1, 0.15) is 5.75 Å². The van der Waals surface area contributed by atoms with E-state index >= 15 is 0 Å². The Morgan fingerprint density at radius 2 is 1.83 bits per heavy atom. The molecule has 6 nitrogen and oxygen atoms in total. The maximum atomic E-state index is 13.3. The van der Waals surface area contributed by atoms with E-state index in [1.54, 1.807) is 19.1 Å². The molecule has 2 atom stereocenters. The summed E-state index contributed by atoms with van der Waals surface area (Å²) in [6.45, 7) is 2.39. The van der Waals surface area contributed by atoms with Gasteiger partial charge >= 0.3 is 0 Å². The Morgan fingerprint density at radius 1 is 1.10 bits per heavy atom. The highest BCUT2D eigenvalue weighted by Crippen LogP contribution is 2.49. The quantitative estimate of drug-likeness (QED) is 0.733. The molecule has 2 aliphatic heterocycles. The second kappa shape index (κ2) is 6.11. The Balaban J connectivity index is 1.83. The third-order valence-corrected chi connectivity index (χ3v) is 6.44. The lowest BCUT2D eigenvalue weighted by Gasteiger charge is -2.50. The number of hydrogen-bond donors (Lipinski definition) is 1. The topological polar surface area (TPSA) is 65.6 Å². The van der Waals surface area contributed by atoms with Crippen molar-refractivity contribution in [1.29, 1.82) is 0 Å². The number of fused-ring (bicyclic) bond motifs is 5. The summed E-state index contributed by atoms with van der Waals surface area (Å²) in [5.41, 5.74) is 2.80. The van der Waals surface area contributed by atoms with E-state index < -0.39 is 5.54 Å². The molecule has 6 heteroatoms. The van der Waals surface area contributed by atoms with E-state index in [9.17, 15) is 9.59 Å². The van der Waals surface area contributed by atoms with Crippen molar-refractivity contribution in [2.45, 2.75) is 18.4 Å². The molecule has 1 aromatic heterocycles. The summed E-state index contributed by atoms with van der Waals surface area (Å²) in [6, 6.07) is 16.0. The number of piperazine rings is 1. The number of rotatable bonds is 2. The first-order valence-corrected chi connectivity index (χ1v) is 9.76. The molecule has 0 radical (unpaired) electrons. The molecule has 0 spiro atoms. The van der Waals surface area contributed by atoms with Crippen LogP contribution in [0.4, 0.5) is 0 Å². The number of para-hydroxylation sites is 2. The fourth-order valence-electron chi connectivity index (χ4n) is 5.01. The van der Waals surface area contributed by atoms with Crippen molar-refractivity contribution in [3.8, 4) is 5.75 Å². The largest absolute Gasteiger partial charge is 0.496 e. The van der Waals surface area contributed by atoms with Crippen LogP contribution in [-0.4, -0.2) is 53.8 Å². The molecule has 0 aliphatic carbocycles. The van der Waals surface area contributed by atoms with Gasteiger partial charge in [0.25, 0.3) is 5.91 Å². The van der Waals surface area contributed by atoms with Crippen molar-refractivity contribution in [2.24, 2.45) is 0 Å². The van der Waals surface area contributed by atoms with Gasteiger partial charge in [0.15, 0.2) is 5.54 Å².